The first-order valence-electron chi connectivity index (χ1n) is 13.0. The molecule has 0 fully saturated rings. The Kier molecular flexibility index (Phi) is 4.00. The lowest BCUT2D eigenvalue weighted by Gasteiger charge is -2.21. The molecule has 0 bridgehead atoms. The van der Waals surface area contributed by atoms with E-state index in [1.807, 2.05) is 0 Å². The van der Waals surface area contributed by atoms with Crippen molar-refractivity contribution < 1.29 is 4.42 Å². The molecule has 176 valence electrons. The monoisotopic (exact) mass is 474 g/mol. The maximum atomic E-state index is 6.46. The van der Waals surface area contributed by atoms with Gasteiger partial charge in [-0.05, 0) is 90.1 Å². The van der Waals surface area contributed by atoms with E-state index < -0.39 is 0 Å². The van der Waals surface area contributed by atoms with Crippen LogP contribution in [0.4, 0.5) is 0 Å². The van der Waals surface area contributed by atoms with Gasteiger partial charge in [0.15, 0.2) is 0 Å². The predicted octanol–water partition coefficient (Wildman–Crippen LogP) is 10.6. The lowest BCUT2D eigenvalue weighted by Crippen LogP contribution is -2.10. The van der Waals surface area contributed by atoms with E-state index in [1.54, 1.807) is 0 Å². The van der Waals surface area contributed by atoms with Crippen LogP contribution in [0.1, 0.15) is 26.3 Å². The van der Waals surface area contributed by atoms with Crippen LogP contribution in [0.15, 0.2) is 108 Å². The molecule has 0 amide bonds. The van der Waals surface area contributed by atoms with E-state index in [0.29, 0.717) is 0 Å². The van der Waals surface area contributed by atoms with Crippen LogP contribution in [0.2, 0.25) is 0 Å². The Hall–Kier alpha value is -4.36. The van der Waals surface area contributed by atoms with E-state index in [1.165, 1.54) is 59.8 Å². The van der Waals surface area contributed by atoms with Gasteiger partial charge < -0.3 is 4.42 Å². The predicted molar refractivity (Wildman–Crippen MR) is 159 cm³/mol. The fraction of sp³-hybridized carbons (Fsp3) is 0.111. The van der Waals surface area contributed by atoms with E-state index >= 15 is 0 Å². The number of rotatable bonds is 1. The van der Waals surface area contributed by atoms with Crippen molar-refractivity contribution in [3.63, 3.8) is 0 Å². The molecule has 0 aliphatic carbocycles. The number of hydrogen-bond acceptors (Lipinski definition) is 1. The summed E-state index contributed by atoms with van der Waals surface area (Å²) < 4.78 is 6.46. The molecular weight excluding hydrogens is 448 g/mol. The van der Waals surface area contributed by atoms with Gasteiger partial charge in [-0.2, -0.15) is 0 Å². The number of hydrogen-bond donors (Lipinski definition) is 0. The summed E-state index contributed by atoms with van der Waals surface area (Å²) in [7, 11) is 0. The van der Waals surface area contributed by atoms with Crippen molar-refractivity contribution in [1.29, 1.82) is 0 Å². The second-order valence-corrected chi connectivity index (χ2v) is 11.5. The summed E-state index contributed by atoms with van der Waals surface area (Å²) >= 11 is 0. The van der Waals surface area contributed by atoms with Gasteiger partial charge in [0.05, 0.1) is 0 Å². The molecule has 0 atom stereocenters. The molecule has 37 heavy (non-hydrogen) atoms. The van der Waals surface area contributed by atoms with Crippen LogP contribution in [-0.2, 0) is 5.41 Å². The number of furan rings is 1. The molecule has 1 aromatic heterocycles. The average molecular weight is 475 g/mol. The first-order valence-corrected chi connectivity index (χ1v) is 13.0. The van der Waals surface area contributed by atoms with Crippen molar-refractivity contribution in [1.82, 2.24) is 0 Å². The van der Waals surface area contributed by atoms with Crippen LogP contribution in [0, 0.1) is 0 Å². The van der Waals surface area contributed by atoms with E-state index in [4.69, 9.17) is 4.42 Å². The second kappa shape index (κ2) is 7.11. The molecule has 0 aliphatic rings. The van der Waals surface area contributed by atoms with Crippen LogP contribution in [0.25, 0.3) is 76.2 Å². The van der Waals surface area contributed by atoms with Gasteiger partial charge in [0.25, 0.3) is 0 Å². The Bertz CT molecular complexity index is 2100. The third-order valence-electron chi connectivity index (χ3n) is 8.10. The molecule has 8 aromatic rings. The highest BCUT2D eigenvalue weighted by Crippen LogP contribution is 2.41. The standard InChI is InChI=1S/C36H26O/c1-36(2,3)28-18-25-10-8-23-16-27(17-24-9-11-26(19-28)34(25)33(23)24)22-13-14-30-31-15-12-21-6-4-5-7-29(21)35(31)37-32(30)20-22/h4-20H,1-3H3. The van der Waals surface area contributed by atoms with Gasteiger partial charge in [-0.25, -0.2) is 0 Å². The van der Waals surface area contributed by atoms with E-state index in [-0.39, 0.29) is 5.41 Å². The molecule has 0 N–H and O–H groups in total. The van der Waals surface area contributed by atoms with Gasteiger partial charge in [-0.15, -0.1) is 0 Å². The lowest BCUT2D eigenvalue weighted by atomic mass is 9.83. The van der Waals surface area contributed by atoms with Crippen molar-refractivity contribution >= 4 is 65.0 Å². The fourth-order valence-electron chi connectivity index (χ4n) is 6.12. The second-order valence-electron chi connectivity index (χ2n) is 11.5. The molecule has 0 spiro atoms. The van der Waals surface area contributed by atoms with E-state index in [9.17, 15) is 0 Å². The SMILES string of the molecule is CC(C)(C)c1cc2ccc3cc(-c4ccc5c(c4)oc4c6ccccc6ccc54)cc4ccc(c1)c2c34. The zero-order valence-electron chi connectivity index (χ0n) is 21.2. The van der Waals surface area contributed by atoms with E-state index in [2.05, 4.69) is 124 Å². The first-order chi connectivity index (χ1) is 17.9. The Morgan fingerprint density at radius 3 is 1.76 bits per heavy atom. The van der Waals surface area contributed by atoms with Crippen LogP contribution in [0.5, 0.6) is 0 Å². The Morgan fingerprint density at radius 2 is 1.08 bits per heavy atom. The maximum Gasteiger partial charge on any atom is 0.143 e. The van der Waals surface area contributed by atoms with Gasteiger partial charge in [-0.3, -0.25) is 0 Å². The minimum Gasteiger partial charge on any atom is -0.455 e. The molecule has 0 aliphatic heterocycles. The van der Waals surface area contributed by atoms with E-state index in [0.717, 1.165) is 21.9 Å². The quantitative estimate of drug-likeness (QED) is 0.216. The minimum atomic E-state index is 0.124. The summed E-state index contributed by atoms with van der Waals surface area (Å²) in [6.07, 6.45) is 0. The van der Waals surface area contributed by atoms with Crippen LogP contribution < -0.4 is 0 Å². The molecule has 1 heteroatoms. The molecule has 0 saturated heterocycles. The Balaban J connectivity index is 1.34. The largest absolute Gasteiger partial charge is 0.455 e. The molecular formula is C36H26O. The smallest absolute Gasteiger partial charge is 0.143 e. The third kappa shape index (κ3) is 2.98. The van der Waals surface area contributed by atoms with Gasteiger partial charge in [0, 0.05) is 16.2 Å². The summed E-state index contributed by atoms with van der Waals surface area (Å²) in [4.78, 5) is 0. The summed E-state index contributed by atoms with van der Waals surface area (Å²) in [5.41, 5.74) is 5.80. The molecule has 8 rings (SSSR count). The fourth-order valence-corrected chi connectivity index (χ4v) is 6.12. The highest BCUT2D eigenvalue weighted by atomic mass is 16.3. The van der Waals surface area contributed by atoms with Crippen molar-refractivity contribution in [2.75, 3.05) is 0 Å². The molecule has 1 nitrogen and oxygen atoms in total. The lowest BCUT2D eigenvalue weighted by molar-refractivity contribution is 0.591. The third-order valence-corrected chi connectivity index (χ3v) is 8.10. The van der Waals surface area contributed by atoms with Crippen molar-refractivity contribution in [3.05, 3.63) is 109 Å². The first kappa shape index (κ1) is 20.8. The number of benzene rings is 7. The molecule has 7 aromatic carbocycles. The summed E-state index contributed by atoms with van der Waals surface area (Å²) in [5, 5.41) is 12.6. The van der Waals surface area contributed by atoms with Gasteiger partial charge in [-0.1, -0.05) is 93.6 Å². The summed E-state index contributed by atoms with van der Waals surface area (Å²) in [5.74, 6) is 0. The highest BCUT2D eigenvalue weighted by molar-refractivity contribution is 6.24. The van der Waals surface area contributed by atoms with Crippen LogP contribution in [0.3, 0.4) is 0 Å². The Morgan fingerprint density at radius 1 is 0.486 bits per heavy atom. The zero-order valence-corrected chi connectivity index (χ0v) is 21.2. The maximum absolute atomic E-state index is 6.46. The Labute approximate surface area is 215 Å². The molecule has 0 saturated carbocycles. The normalized spacial score (nSPS) is 12.7. The van der Waals surface area contributed by atoms with Crippen molar-refractivity contribution in [2.45, 2.75) is 26.2 Å². The topological polar surface area (TPSA) is 13.1 Å². The van der Waals surface area contributed by atoms with Crippen LogP contribution in [-0.4, -0.2) is 0 Å². The molecule has 0 unspecified atom stereocenters. The molecule has 0 radical (unpaired) electrons. The van der Waals surface area contributed by atoms with Crippen molar-refractivity contribution in [2.24, 2.45) is 0 Å². The van der Waals surface area contributed by atoms with Gasteiger partial charge in [0.2, 0.25) is 0 Å². The van der Waals surface area contributed by atoms with Crippen LogP contribution >= 0.6 is 0 Å². The highest BCUT2D eigenvalue weighted by Gasteiger charge is 2.18. The minimum absolute atomic E-state index is 0.124. The zero-order chi connectivity index (χ0) is 24.9. The summed E-state index contributed by atoms with van der Waals surface area (Å²) in [6, 6.07) is 38.0. The van der Waals surface area contributed by atoms with Gasteiger partial charge in [0.1, 0.15) is 11.2 Å². The van der Waals surface area contributed by atoms with Crippen molar-refractivity contribution in [3.8, 4) is 11.1 Å². The molecule has 1 heterocycles. The van der Waals surface area contributed by atoms with Gasteiger partial charge >= 0.3 is 0 Å². The average Bonchev–Trinajstić information content (AvgIpc) is 3.29. The summed E-state index contributed by atoms with van der Waals surface area (Å²) in [6.45, 7) is 6.86. The number of fused-ring (bicyclic) bond motifs is 5.